The molecule has 0 atom stereocenters. The van der Waals surface area contributed by atoms with Crippen LogP contribution in [0.5, 0.6) is 5.75 Å². The highest BCUT2D eigenvalue weighted by atomic mass is 32.1. The van der Waals surface area contributed by atoms with Crippen molar-refractivity contribution in [1.82, 2.24) is 0 Å². The fourth-order valence-electron chi connectivity index (χ4n) is 2.99. The van der Waals surface area contributed by atoms with Crippen molar-refractivity contribution in [2.24, 2.45) is 0 Å². The molecule has 3 aromatic rings. The first-order valence-corrected chi connectivity index (χ1v) is 11.9. The number of rotatable bonds is 6. The summed E-state index contributed by atoms with van der Waals surface area (Å²) < 4.78 is 5.19. The summed E-state index contributed by atoms with van der Waals surface area (Å²) in [5.74, 6) is 0.547. The first-order valence-electron chi connectivity index (χ1n) is 8.43. The van der Waals surface area contributed by atoms with Crippen LogP contribution in [0.3, 0.4) is 0 Å². The minimum Gasteiger partial charge on any atom is -0.454 e. The van der Waals surface area contributed by atoms with E-state index in [1.807, 2.05) is 18.2 Å². The minimum absolute atomic E-state index is 0.0226. The van der Waals surface area contributed by atoms with E-state index in [1.165, 1.54) is 15.9 Å². The number of benzene rings is 3. The first-order chi connectivity index (χ1) is 12.5. The summed E-state index contributed by atoms with van der Waals surface area (Å²) in [6, 6.07) is 25.7. The van der Waals surface area contributed by atoms with Gasteiger partial charge in [0.05, 0.1) is 0 Å². The molecular formula is C22H20O2SSi. The summed E-state index contributed by atoms with van der Waals surface area (Å²) in [7, 11) is -1.76. The van der Waals surface area contributed by atoms with Crippen LogP contribution < -0.4 is 15.1 Å². The van der Waals surface area contributed by atoms with Crippen molar-refractivity contribution in [3.8, 4) is 5.75 Å². The lowest BCUT2D eigenvalue weighted by Crippen LogP contribution is -2.52. The van der Waals surface area contributed by atoms with Crippen molar-refractivity contribution in [2.75, 3.05) is 0 Å². The second kappa shape index (κ2) is 7.77. The molecule has 0 saturated heterocycles. The first kappa shape index (κ1) is 18.2. The van der Waals surface area contributed by atoms with Crippen molar-refractivity contribution in [2.45, 2.75) is 13.1 Å². The maximum Gasteiger partial charge on any atom is 0.193 e. The standard InChI is InChI=1S/C22H20O2SSi/c1-26(2,20-9-4-3-5-10-20)21-13-11-17(12-14-21)22(23)18-7-6-8-19(15-18)24-16-25/h3-16H,1-2H3. The lowest BCUT2D eigenvalue weighted by Gasteiger charge is -2.23. The van der Waals surface area contributed by atoms with Crippen LogP contribution in [0.1, 0.15) is 15.9 Å². The molecule has 3 rings (SSSR count). The lowest BCUT2D eigenvalue weighted by molar-refractivity contribution is 0.103. The smallest absolute Gasteiger partial charge is 0.193 e. The van der Waals surface area contributed by atoms with Crippen molar-refractivity contribution < 1.29 is 9.53 Å². The van der Waals surface area contributed by atoms with E-state index in [0.29, 0.717) is 16.9 Å². The molecule has 3 aromatic carbocycles. The van der Waals surface area contributed by atoms with Crippen LogP contribution in [-0.4, -0.2) is 19.4 Å². The number of carbonyl (C=O) groups is 1. The van der Waals surface area contributed by atoms with Crippen LogP contribution in [-0.2, 0) is 0 Å². The van der Waals surface area contributed by atoms with Crippen LogP contribution in [0.2, 0.25) is 13.1 Å². The molecule has 0 aliphatic carbocycles. The fourth-order valence-corrected chi connectivity index (χ4v) is 5.46. The van der Waals surface area contributed by atoms with Gasteiger partial charge in [-0.1, -0.05) is 90.2 Å². The Balaban J connectivity index is 1.86. The summed E-state index contributed by atoms with van der Waals surface area (Å²) in [5.41, 5.74) is 2.45. The number of ether oxygens (including phenoxy) is 1. The van der Waals surface area contributed by atoms with Gasteiger partial charge in [0, 0.05) is 11.1 Å². The van der Waals surface area contributed by atoms with Crippen molar-refractivity contribution in [3.63, 3.8) is 0 Å². The summed E-state index contributed by atoms with van der Waals surface area (Å²) in [6.07, 6.45) is 0. The van der Waals surface area contributed by atoms with Crippen molar-refractivity contribution in [1.29, 1.82) is 0 Å². The highest BCUT2D eigenvalue weighted by Gasteiger charge is 2.25. The van der Waals surface area contributed by atoms with E-state index in [0.717, 1.165) is 0 Å². The van der Waals surface area contributed by atoms with Gasteiger partial charge in [0.1, 0.15) is 13.8 Å². The zero-order valence-electron chi connectivity index (χ0n) is 14.8. The Bertz CT molecular complexity index is 918. The molecule has 0 heterocycles. The second-order valence-electron chi connectivity index (χ2n) is 6.64. The van der Waals surface area contributed by atoms with Crippen LogP contribution in [0.25, 0.3) is 0 Å². The molecule has 0 N–H and O–H groups in total. The zero-order chi connectivity index (χ0) is 18.6. The van der Waals surface area contributed by atoms with Gasteiger partial charge < -0.3 is 4.74 Å². The lowest BCUT2D eigenvalue weighted by atomic mass is 10.0. The second-order valence-corrected chi connectivity index (χ2v) is 11.2. The molecule has 0 unspecified atom stereocenters. The Labute approximate surface area is 160 Å². The summed E-state index contributed by atoms with van der Waals surface area (Å²) in [4.78, 5) is 12.8. The average molecular weight is 377 g/mol. The predicted molar refractivity (Wildman–Crippen MR) is 114 cm³/mol. The normalized spacial score (nSPS) is 11.0. The van der Waals surface area contributed by atoms with Crippen LogP contribution >= 0.6 is 12.2 Å². The molecule has 0 saturated carbocycles. The van der Waals surface area contributed by atoms with E-state index in [2.05, 4.69) is 49.5 Å². The van der Waals surface area contributed by atoms with Gasteiger partial charge in [-0.15, -0.1) is 0 Å². The topological polar surface area (TPSA) is 26.3 Å². The molecular weight excluding hydrogens is 356 g/mol. The van der Waals surface area contributed by atoms with Gasteiger partial charge in [0.15, 0.2) is 11.3 Å². The van der Waals surface area contributed by atoms with Crippen LogP contribution in [0.4, 0.5) is 0 Å². The molecule has 0 spiro atoms. The third kappa shape index (κ3) is 3.82. The SMILES string of the molecule is C[Si](C)(c1ccccc1)c1ccc(C(=O)c2cccc(OC=S)c2)cc1. The van der Waals surface area contributed by atoms with Gasteiger partial charge in [0.25, 0.3) is 0 Å². The molecule has 0 bridgehead atoms. The molecule has 26 heavy (non-hydrogen) atoms. The molecule has 0 fully saturated rings. The van der Waals surface area contributed by atoms with Crippen LogP contribution in [0.15, 0.2) is 78.9 Å². The van der Waals surface area contributed by atoms with E-state index >= 15 is 0 Å². The molecule has 130 valence electrons. The average Bonchev–Trinajstić information content (AvgIpc) is 2.69. The largest absolute Gasteiger partial charge is 0.454 e. The fraction of sp³-hybridized carbons (Fsp3) is 0.0909. The van der Waals surface area contributed by atoms with Crippen molar-refractivity contribution in [3.05, 3.63) is 90.0 Å². The monoisotopic (exact) mass is 376 g/mol. The van der Waals surface area contributed by atoms with Gasteiger partial charge in [-0.05, 0) is 24.4 Å². The Morgan fingerprint density at radius 1 is 0.846 bits per heavy atom. The summed E-state index contributed by atoms with van der Waals surface area (Å²) >= 11 is 4.70. The van der Waals surface area contributed by atoms with Gasteiger partial charge in [-0.3, -0.25) is 4.79 Å². The minimum atomic E-state index is -1.76. The van der Waals surface area contributed by atoms with E-state index < -0.39 is 8.07 Å². The Hall–Kier alpha value is -2.56. The Morgan fingerprint density at radius 3 is 2.15 bits per heavy atom. The summed E-state index contributed by atoms with van der Waals surface area (Å²) in [5, 5.41) is 2.68. The molecule has 0 amide bonds. The van der Waals surface area contributed by atoms with Gasteiger partial charge in [-0.25, -0.2) is 0 Å². The third-order valence-corrected chi connectivity index (χ3v) is 8.29. The quantitative estimate of drug-likeness (QED) is 0.368. The summed E-state index contributed by atoms with van der Waals surface area (Å²) in [6.45, 7) is 4.65. The number of ketones is 1. The van der Waals surface area contributed by atoms with Crippen molar-refractivity contribution >= 4 is 42.0 Å². The molecule has 0 aliphatic rings. The maximum absolute atomic E-state index is 12.8. The van der Waals surface area contributed by atoms with E-state index in [9.17, 15) is 4.79 Å². The molecule has 4 heteroatoms. The highest BCUT2D eigenvalue weighted by molar-refractivity contribution is 7.78. The predicted octanol–water partition coefficient (Wildman–Crippen LogP) is 4.08. The zero-order valence-corrected chi connectivity index (χ0v) is 16.6. The number of carbonyl (C=O) groups excluding carboxylic acids is 1. The number of thiocarbonyl (C=S) groups is 1. The number of hydrogen-bond donors (Lipinski definition) is 0. The van der Waals surface area contributed by atoms with Gasteiger partial charge >= 0.3 is 0 Å². The molecule has 0 aromatic heterocycles. The molecule has 0 aliphatic heterocycles. The van der Waals surface area contributed by atoms with E-state index in [4.69, 9.17) is 17.0 Å². The Kier molecular flexibility index (Phi) is 5.45. The van der Waals surface area contributed by atoms with Crippen LogP contribution in [0, 0.1) is 0 Å². The number of hydrogen-bond acceptors (Lipinski definition) is 3. The van der Waals surface area contributed by atoms with E-state index in [1.54, 1.807) is 24.3 Å². The van der Waals surface area contributed by atoms with Gasteiger partial charge in [-0.2, -0.15) is 0 Å². The third-order valence-electron chi connectivity index (χ3n) is 4.64. The molecule has 2 nitrogen and oxygen atoms in total. The Morgan fingerprint density at radius 2 is 1.50 bits per heavy atom. The van der Waals surface area contributed by atoms with Gasteiger partial charge in [0.2, 0.25) is 0 Å². The maximum atomic E-state index is 12.8. The highest BCUT2D eigenvalue weighted by Crippen LogP contribution is 2.16. The van der Waals surface area contributed by atoms with E-state index in [-0.39, 0.29) is 5.78 Å². The molecule has 0 radical (unpaired) electrons.